The van der Waals surface area contributed by atoms with Crippen LogP contribution in [0.3, 0.4) is 0 Å². The number of amides is 2. The molecule has 0 unspecified atom stereocenters. The summed E-state index contributed by atoms with van der Waals surface area (Å²) in [4.78, 5) is 23.7. The molecule has 27 heavy (non-hydrogen) atoms. The first kappa shape index (κ1) is 20.5. The summed E-state index contributed by atoms with van der Waals surface area (Å²) in [6.07, 6.45) is -2.74. The summed E-state index contributed by atoms with van der Waals surface area (Å²) in [6.45, 7) is 0. The fourth-order valence-corrected chi connectivity index (χ4v) is 2.68. The summed E-state index contributed by atoms with van der Waals surface area (Å²) in [5.41, 5.74) is 6.12. The van der Waals surface area contributed by atoms with Gasteiger partial charge in [0.2, 0.25) is 11.8 Å². The molecule has 0 bridgehead atoms. The Morgan fingerprint density at radius 1 is 0.963 bits per heavy atom. The maximum atomic E-state index is 12.6. The van der Waals surface area contributed by atoms with E-state index in [1.54, 1.807) is 0 Å². The molecule has 0 aliphatic rings. The van der Waals surface area contributed by atoms with Crippen molar-refractivity contribution in [3.63, 3.8) is 0 Å². The second-order valence-electron chi connectivity index (χ2n) is 6.27. The molecule has 144 valence electrons. The molecule has 2 rings (SSSR count). The summed E-state index contributed by atoms with van der Waals surface area (Å²) in [5, 5.41) is 2.56. The molecule has 0 saturated heterocycles. The Morgan fingerprint density at radius 2 is 1.59 bits per heavy atom. The molecule has 0 radical (unpaired) electrons. The molecular weight excluding hydrogens is 357 g/mol. The van der Waals surface area contributed by atoms with Crippen LogP contribution in [0, 0.1) is 0 Å². The van der Waals surface area contributed by atoms with Gasteiger partial charge in [0.25, 0.3) is 0 Å². The van der Waals surface area contributed by atoms with Crippen molar-refractivity contribution in [3.8, 4) is 0 Å². The molecule has 7 heteroatoms. The van der Waals surface area contributed by atoms with Crippen molar-refractivity contribution in [2.75, 3.05) is 0 Å². The summed E-state index contributed by atoms with van der Waals surface area (Å²) in [5.74, 6) is -1.10. The van der Waals surface area contributed by atoms with Gasteiger partial charge in [-0.2, -0.15) is 13.2 Å². The predicted molar refractivity (Wildman–Crippen MR) is 95.7 cm³/mol. The summed E-state index contributed by atoms with van der Waals surface area (Å²) in [7, 11) is 0. The standard InChI is InChI=1S/C20H21F3N2O2/c21-20(22,23)16-11-9-15(10-12-16)13-18(26)25-17(19(24)27)8-4-7-14-5-2-1-3-6-14/h1-3,5-6,9-12,17H,4,7-8,13H2,(H2,24,27)(H,25,26)/t17-/m1/s1. The Hall–Kier alpha value is -2.83. The lowest BCUT2D eigenvalue weighted by Crippen LogP contribution is -2.45. The summed E-state index contributed by atoms with van der Waals surface area (Å²) >= 11 is 0. The second kappa shape index (κ2) is 9.21. The zero-order valence-corrected chi connectivity index (χ0v) is 14.6. The first-order valence-corrected chi connectivity index (χ1v) is 8.54. The maximum absolute atomic E-state index is 12.6. The van der Waals surface area contributed by atoms with Crippen LogP contribution in [0.1, 0.15) is 29.5 Å². The number of aryl methyl sites for hydroxylation is 1. The third-order valence-corrected chi connectivity index (χ3v) is 4.13. The molecule has 2 amide bonds. The third-order valence-electron chi connectivity index (χ3n) is 4.13. The average molecular weight is 378 g/mol. The lowest BCUT2D eigenvalue weighted by Gasteiger charge is -2.15. The first-order chi connectivity index (χ1) is 12.8. The van der Waals surface area contributed by atoms with Gasteiger partial charge in [0.1, 0.15) is 6.04 Å². The van der Waals surface area contributed by atoms with Crippen molar-refractivity contribution in [2.45, 2.75) is 37.9 Å². The number of carbonyl (C=O) groups excluding carboxylic acids is 2. The van der Waals surface area contributed by atoms with E-state index in [4.69, 9.17) is 5.73 Å². The minimum Gasteiger partial charge on any atom is -0.368 e. The van der Waals surface area contributed by atoms with Crippen LogP contribution < -0.4 is 11.1 Å². The van der Waals surface area contributed by atoms with Crippen molar-refractivity contribution >= 4 is 11.8 Å². The predicted octanol–water partition coefficient (Wildman–Crippen LogP) is 3.24. The Morgan fingerprint density at radius 3 is 2.15 bits per heavy atom. The summed E-state index contributed by atoms with van der Waals surface area (Å²) in [6, 6.07) is 13.2. The number of carbonyl (C=O) groups is 2. The highest BCUT2D eigenvalue weighted by Gasteiger charge is 2.30. The second-order valence-corrected chi connectivity index (χ2v) is 6.27. The number of nitrogens with two attached hydrogens (primary N) is 1. The molecule has 0 aliphatic carbocycles. The molecule has 2 aromatic rings. The van der Waals surface area contributed by atoms with Crippen molar-refractivity contribution in [3.05, 3.63) is 71.3 Å². The number of hydrogen-bond acceptors (Lipinski definition) is 2. The molecule has 0 spiro atoms. The van der Waals surface area contributed by atoms with E-state index in [0.29, 0.717) is 18.4 Å². The van der Waals surface area contributed by atoms with Gasteiger partial charge in [0, 0.05) is 0 Å². The minimum atomic E-state index is -4.42. The first-order valence-electron chi connectivity index (χ1n) is 8.54. The zero-order chi connectivity index (χ0) is 19.9. The number of alkyl halides is 3. The Labute approximate surface area is 155 Å². The zero-order valence-electron chi connectivity index (χ0n) is 14.6. The van der Waals surface area contributed by atoms with Crippen molar-refractivity contribution in [1.82, 2.24) is 5.32 Å². The topological polar surface area (TPSA) is 72.2 Å². The Balaban J connectivity index is 1.86. The molecule has 0 saturated carbocycles. The van der Waals surface area contributed by atoms with E-state index in [9.17, 15) is 22.8 Å². The molecule has 1 atom stereocenters. The number of benzene rings is 2. The van der Waals surface area contributed by atoms with E-state index < -0.39 is 29.6 Å². The van der Waals surface area contributed by atoms with Gasteiger partial charge >= 0.3 is 6.18 Å². The van der Waals surface area contributed by atoms with E-state index >= 15 is 0 Å². The van der Waals surface area contributed by atoms with Crippen molar-refractivity contribution in [1.29, 1.82) is 0 Å². The van der Waals surface area contributed by atoms with Crippen LogP contribution in [-0.2, 0) is 28.6 Å². The Bertz CT molecular complexity index is 759. The molecular formula is C20H21F3N2O2. The third kappa shape index (κ3) is 6.77. The van der Waals surface area contributed by atoms with Gasteiger partial charge in [-0.15, -0.1) is 0 Å². The number of halogens is 3. The molecule has 4 nitrogen and oxygen atoms in total. The number of nitrogens with one attached hydrogen (secondary N) is 1. The van der Waals surface area contributed by atoms with Crippen molar-refractivity contribution < 1.29 is 22.8 Å². The number of hydrogen-bond donors (Lipinski definition) is 2. The van der Waals surface area contributed by atoms with Crippen LogP contribution in [-0.4, -0.2) is 17.9 Å². The minimum absolute atomic E-state index is 0.124. The fraction of sp³-hybridized carbons (Fsp3) is 0.300. The summed E-state index contributed by atoms with van der Waals surface area (Å²) < 4.78 is 37.7. The van der Waals surface area contributed by atoms with Crippen LogP contribution in [0.5, 0.6) is 0 Å². The quantitative estimate of drug-likeness (QED) is 0.740. The molecule has 0 heterocycles. The molecule has 0 aliphatic heterocycles. The van der Waals surface area contributed by atoms with Crippen LogP contribution in [0.25, 0.3) is 0 Å². The number of rotatable bonds is 8. The number of primary amides is 1. The van der Waals surface area contributed by atoms with E-state index in [2.05, 4.69) is 5.32 Å². The van der Waals surface area contributed by atoms with Crippen LogP contribution in [0.4, 0.5) is 13.2 Å². The largest absolute Gasteiger partial charge is 0.416 e. The van der Waals surface area contributed by atoms with Gasteiger partial charge in [0.05, 0.1) is 12.0 Å². The monoisotopic (exact) mass is 378 g/mol. The molecule has 2 aromatic carbocycles. The smallest absolute Gasteiger partial charge is 0.368 e. The van der Waals surface area contributed by atoms with E-state index in [-0.39, 0.29) is 6.42 Å². The van der Waals surface area contributed by atoms with E-state index in [0.717, 1.165) is 24.1 Å². The van der Waals surface area contributed by atoms with Gasteiger partial charge in [-0.25, -0.2) is 0 Å². The highest BCUT2D eigenvalue weighted by Crippen LogP contribution is 2.29. The SMILES string of the molecule is NC(=O)[C@@H](CCCc1ccccc1)NC(=O)Cc1ccc(C(F)(F)F)cc1. The highest BCUT2D eigenvalue weighted by molar-refractivity contribution is 5.87. The van der Waals surface area contributed by atoms with Crippen LogP contribution >= 0.6 is 0 Å². The van der Waals surface area contributed by atoms with Gasteiger partial charge in [0.15, 0.2) is 0 Å². The van der Waals surface area contributed by atoms with Crippen molar-refractivity contribution in [2.24, 2.45) is 5.73 Å². The van der Waals surface area contributed by atoms with E-state index in [1.807, 2.05) is 30.3 Å². The van der Waals surface area contributed by atoms with Gasteiger partial charge < -0.3 is 11.1 Å². The normalized spacial score (nSPS) is 12.4. The lowest BCUT2D eigenvalue weighted by molar-refractivity contribution is -0.137. The molecule has 0 aromatic heterocycles. The van der Waals surface area contributed by atoms with Gasteiger partial charge in [-0.05, 0) is 42.5 Å². The van der Waals surface area contributed by atoms with Crippen LogP contribution in [0.15, 0.2) is 54.6 Å². The Kier molecular flexibility index (Phi) is 6.98. The van der Waals surface area contributed by atoms with Gasteiger partial charge in [-0.1, -0.05) is 42.5 Å². The maximum Gasteiger partial charge on any atom is 0.416 e. The average Bonchev–Trinajstić information content (AvgIpc) is 2.61. The molecule has 3 N–H and O–H groups in total. The highest BCUT2D eigenvalue weighted by atomic mass is 19.4. The van der Waals surface area contributed by atoms with Crippen LogP contribution in [0.2, 0.25) is 0 Å². The molecule has 0 fully saturated rings. The van der Waals surface area contributed by atoms with E-state index in [1.165, 1.54) is 12.1 Å². The lowest BCUT2D eigenvalue weighted by atomic mass is 10.0. The van der Waals surface area contributed by atoms with Gasteiger partial charge in [-0.3, -0.25) is 9.59 Å². The fourth-order valence-electron chi connectivity index (χ4n) is 2.68.